The van der Waals surface area contributed by atoms with Crippen molar-refractivity contribution >= 4 is 0 Å². The first-order valence-corrected chi connectivity index (χ1v) is 6.35. The van der Waals surface area contributed by atoms with Gasteiger partial charge >= 0.3 is 0 Å². The third-order valence-corrected chi connectivity index (χ3v) is 3.31. The van der Waals surface area contributed by atoms with Gasteiger partial charge in [0.15, 0.2) is 0 Å². The molecule has 0 aromatic heterocycles. The van der Waals surface area contributed by atoms with Crippen LogP contribution in [0.4, 0.5) is 4.39 Å². The summed E-state index contributed by atoms with van der Waals surface area (Å²) in [6.07, 6.45) is 3.21. The Balaban J connectivity index is 1.96. The molecule has 0 aliphatic carbocycles. The van der Waals surface area contributed by atoms with Crippen LogP contribution in [-0.4, -0.2) is 19.3 Å². The Morgan fingerprint density at radius 2 is 2.12 bits per heavy atom. The second-order valence-electron chi connectivity index (χ2n) is 4.65. The Hall–Kier alpha value is -0.930. The van der Waals surface area contributed by atoms with Crippen molar-refractivity contribution in [3.8, 4) is 0 Å². The quantitative estimate of drug-likeness (QED) is 0.872. The van der Waals surface area contributed by atoms with Gasteiger partial charge in [-0.05, 0) is 32.3 Å². The van der Waals surface area contributed by atoms with Gasteiger partial charge in [-0.3, -0.25) is 0 Å². The Labute approximate surface area is 102 Å². The molecule has 0 spiro atoms. The SMILES string of the molecule is CC(NC1CCCOCC1)c1ccccc1F. The summed E-state index contributed by atoms with van der Waals surface area (Å²) in [5.74, 6) is -0.127. The van der Waals surface area contributed by atoms with E-state index >= 15 is 0 Å². The molecule has 2 rings (SSSR count). The van der Waals surface area contributed by atoms with E-state index in [4.69, 9.17) is 4.74 Å². The van der Waals surface area contributed by atoms with E-state index in [0.717, 1.165) is 38.0 Å². The molecular weight excluding hydrogens is 217 g/mol. The fraction of sp³-hybridized carbons (Fsp3) is 0.571. The van der Waals surface area contributed by atoms with Crippen molar-refractivity contribution in [3.63, 3.8) is 0 Å². The van der Waals surface area contributed by atoms with Crippen LogP contribution in [0.2, 0.25) is 0 Å². The summed E-state index contributed by atoms with van der Waals surface area (Å²) >= 11 is 0. The molecule has 94 valence electrons. The predicted molar refractivity (Wildman–Crippen MR) is 66.4 cm³/mol. The fourth-order valence-corrected chi connectivity index (χ4v) is 2.34. The van der Waals surface area contributed by atoms with E-state index in [1.165, 1.54) is 6.07 Å². The molecule has 1 heterocycles. The minimum Gasteiger partial charge on any atom is -0.381 e. The molecule has 0 radical (unpaired) electrons. The maximum Gasteiger partial charge on any atom is 0.127 e. The second kappa shape index (κ2) is 6.12. The number of halogens is 1. The molecule has 1 N–H and O–H groups in total. The van der Waals surface area contributed by atoms with Crippen molar-refractivity contribution < 1.29 is 9.13 Å². The van der Waals surface area contributed by atoms with Gasteiger partial charge in [0, 0.05) is 30.9 Å². The molecule has 0 bridgehead atoms. The zero-order valence-corrected chi connectivity index (χ0v) is 10.3. The molecule has 2 unspecified atom stereocenters. The number of hydrogen-bond donors (Lipinski definition) is 1. The first kappa shape index (κ1) is 12.5. The van der Waals surface area contributed by atoms with Gasteiger partial charge in [-0.2, -0.15) is 0 Å². The van der Waals surface area contributed by atoms with Gasteiger partial charge in [-0.1, -0.05) is 18.2 Å². The zero-order chi connectivity index (χ0) is 12.1. The van der Waals surface area contributed by atoms with Crippen LogP contribution < -0.4 is 5.32 Å². The van der Waals surface area contributed by atoms with Crippen LogP contribution in [0.3, 0.4) is 0 Å². The number of hydrogen-bond acceptors (Lipinski definition) is 2. The molecule has 1 saturated heterocycles. The van der Waals surface area contributed by atoms with Gasteiger partial charge in [0.05, 0.1) is 0 Å². The van der Waals surface area contributed by atoms with E-state index in [2.05, 4.69) is 5.32 Å². The summed E-state index contributed by atoms with van der Waals surface area (Å²) < 4.78 is 19.0. The van der Waals surface area contributed by atoms with Crippen molar-refractivity contribution in [2.24, 2.45) is 0 Å². The molecule has 3 heteroatoms. The summed E-state index contributed by atoms with van der Waals surface area (Å²) in [7, 11) is 0. The van der Waals surface area contributed by atoms with E-state index in [-0.39, 0.29) is 11.9 Å². The maximum absolute atomic E-state index is 13.6. The van der Waals surface area contributed by atoms with Crippen LogP contribution in [0.25, 0.3) is 0 Å². The lowest BCUT2D eigenvalue weighted by atomic mass is 10.0. The van der Waals surface area contributed by atoms with E-state index in [1.807, 2.05) is 19.1 Å². The van der Waals surface area contributed by atoms with Crippen molar-refractivity contribution in [2.75, 3.05) is 13.2 Å². The van der Waals surface area contributed by atoms with Crippen LogP contribution in [0, 0.1) is 5.82 Å². The molecule has 1 aliphatic rings. The lowest BCUT2D eigenvalue weighted by molar-refractivity contribution is 0.142. The largest absolute Gasteiger partial charge is 0.381 e. The topological polar surface area (TPSA) is 21.3 Å². The first-order valence-electron chi connectivity index (χ1n) is 6.35. The van der Waals surface area contributed by atoms with Crippen LogP contribution in [-0.2, 0) is 4.74 Å². The standard InChI is InChI=1S/C14H20FNO/c1-11(13-6-2-3-7-14(13)15)16-12-5-4-9-17-10-8-12/h2-3,6-7,11-12,16H,4-5,8-10H2,1H3. The summed E-state index contributed by atoms with van der Waals surface area (Å²) in [4.78, 5) is 0. The highest BCUT2D eigenvalue weighted by atomic mass is 19.1. The van der Waals surface area contributed by atoms with Gasteiger partial charge in [-0.25, -0.2) is 4.39 Å². The minimum absolute atomic E-state index is 0.0549. The Morgan fingerprint density at radius 3 is 2.94 bits per heavy atom. The summed E-state index contributed by atoms with van der Waals surface area (Å²) in [5.41, 5.74) is 0.748. The highest BCUT2D eigenvalue weighted by Gasteiger charge is 2.17. The third-order valence-electron chi connectivity index (χ3n) is 3.31. The first-order chi connectivity index (χ1) is 8.27. The van der Waals surface area contributed by atoms with Crippen molar-refractivity contribution in [2.45, 2.75) is 38.3 Å². The van der Waals surface area contributed by atoms with Crippen LogP contribution >= 0.6 is 0 Å². The van der Waals surface area contributed by atoms with Crippen molar-refractivity contribution in [1.29, 1.82) is 0 Å². The molecule has 0 amide bonds. The molecule has 17 heavy (non-hydrogen) atoms. The number of nitrogens with one attached hydrogen (secondary N) is 1. The fourth-order valence-electron chi connectivity index (χ4n) is 2.34. The Bertz CT molecular complexity index is 348. The predicted octanol–water partition coefficient (Wildman–Crippen LogP) is 3.05. The van der Waals surface area contributed by atoms with Crippen molar-refractivity contribution in [3.05, 3.63) is 35.6 Å². The van der Waals surface area contributed by atoms with Gasteiger partial charge < -0.3 is 10.1 Å². The van der Waals surface area contributed by atoms with E-state index in [0.29, 0.717) is 6.04 Å². The molecule has 2 atom stereocenters. The molecular formula is C14H20FNO. The minimum atomic E-state index is -0.127. The van der Waals surface area contributed by atoms with Crippen LogP contribution in [0.5, 0.6) is 0 Å². The summed E-state index contributed by atoms with van der Waals surface area (Å²) in [6.45, 7) is 3.68. The number of benzene rings is 1. The van der Waals surface area contributed by atoms with Crippen LogP contribution in [0.15, 0.2) is 24.3 Å². The highest BCUT2D eigenvalue weighted by molar-refractivity contribution is 5.20. The molecule has 1 aromatic carbocycles. The second-order valence-corrected chi connectivity index (χ2v) is 4.65. The lowest BCUT2D eigenvalue weighted by Crippen LogP contribution is -2.32. The Morgan fingerprint density at radius 1 is 1.29 bits per heavy atom. The van der Waals surface area contributed by atoms with Crippen molar-refractivity contribution in [1.82, 2.24) is 5.32 Å². The molecule has 1 aliphatic heterocycles. The van der Waals surface area contributed by atoms with Gasteiger partial charge in [0.2, 0.25) is 0 Å². The maximum atomic E-state index is 13.6. The average molecular weight is 237 g/mol. The lowest BCUT2D eigenvalue weighted by Gasteiger charge is -2.22. The molecule has 0 saturated carbocycles. The molecule has 1 aromatic rings. The molecule has 2 nitrogen and oxygen atoms in total. The van der Waals surface area contributed by atoms with Gasteiger partial charge in [0.1, 0.15) is 5.82 Å². The molecule has 1 fully saturated rings. The third kappa shape index (κ3) is 3.51. The van der Waals surface area contributed by atoms with E-state index in [1.54, 1.807) is 6.07 Å². The Kier molecular flexibility index (Phi) is 4.51. The number of rotatable bonds is 3. The van der Waals surface area contributed by atoms with Crippen LogP contribution in [0.1, 0.15) is 37.8 Å². The normalized spacial score (nSPS) is 23.1. The van der Waals surface area contributed by atoms with E-state index < -0.39 is 0 Å². The average Bonchev–Trinajstić information content (AvgIpc) is 2.58. The summed E-state index contributed by atoms with van der Waals surface area (Å²) in [6, 6.07) is 7.47. The smallest absolute Gasteiger partial charge is 0.127 e. The van der Waals surface area contributed by atoms with Gasteiger partial charge in [-0.15, -0.1) is 0 Å². The monoisotopic (exact) mass is 237 g/mol. The summed E-state index contributed by atoms with van der Waals surface area (Å²) in [5, 5.41) is 3.50. The van der Waals surface area contributed by atoms with Gasteiger partial charge in [0.25, 0.3) is 0 Å². The zero-order valence-electron chi connectivity index (χ0n) is 10.3. The van der Waals surface area contributed by atoms with E-state index in [9.17, 15) is 4.39 Å². The number of ether oxygens (including phenoxy) is 1. The highest BCUT2D eigenvalue weighted by Crippen LogP contribution is 2.19.